The van der Waals surface area contributed by atoms with E-state index in [0.29, 0.717) is 5.41 Å². The van der Waals surface area contributed by atoms with Gasteiger partial charge in [0.25, 0.3) is 0 Å². The maximum atomic E-state index is 2.87. The molecule has 3 aromatic carbocycles. The monoisotopic (exact) mass is 656 g/mol. The molecule has 6 aliphatic rings. The number of rotatable bonds is 5. The van der Waals surface area contributed by atoms with Gasteiger partial charge in [-0.3, -0.25) is 0 Å². The minimum atomic E-state index is -2.34. The van der Waals surface area contributed by atoms with Crippen molar-refractivity contribution in [3.05, 3.63) is 110 Å². The average Bonchev–Trinajstić information content (AvgIpc) is 3.47. The topological polar surface area (TPSA) is 0 Å². The van der Waals surface area contributed by atoms with Crippen molar-refractivity contribution in [2.24, 2.45) is 28.6 Å². The molecule has 0 N–H and O–H groups in total. The van der Waals surface area contributed by atoms with Gasteiger partial charge in [0.2, 0.25) is 0 Å². The second kappa shape index (κ2) is 11.2. The van der Waals surface area contributed by atoms with Crippen LogP contribution in [0.1, 0.15) is 69.1 Å². The van der Waals surface area contributed by atoms with Gasteiger partial charge in [0.05, 0.1) is 0 Å². The average molecular weight is 659 g/mol. The molecule has 0 radical (unpaired) electrons. The zero-order valence-electron chi connectivity index (χ0n) is 24.3. The van der Waals surface area contributed by atoms with Crippen molar-refractivity contribution in [2.45, 2.75) is 65.2 Å². The van der Waals surface area contributed by atoms with Crippen LogP contribution >= 0.6 is 0 Å². The maximum absolute atomic E-state index is 2.87. The molecule has 0 saturated heterocycles. The van der Waals surface area contributed by atoms with Gasteiger partial charge in [-0.15, -0.1) is 0 Å². The first-order chi connectivity index (χ1) is 19.0. The van der Waals surface area contributed by atoms with Crippen LogP contribution < -0.4 is 28.1 Å². The van der Waals surface area contributed by atoms with Crippen molar-refractivity contribution in [3.63, 3.8) is 0 Å². The number of fused-ring (bicyclic) bond motifs is 3. The molecule has 4 saturated carbocycles. The summed E-state index contributed by atoms with van der Waals surface area (Å²) < 4.78 is 6.32. The number of hydrogen-bond acceptors (Lipinski definition) is 0. The van der Waals surface area contributed by atoms with E-state index in [0.717, 1.165) is 30.6 Å². The van der Waals surface area contributed by atoms with Gasteiger partial charge in [-0.05, 0) is 0 Å². The van der Waals surface area contributed by atoms with Crippen LogP contribution in [0.5, 0.6) is 0 Å². The van der Waals surface area contributed by atoms with E-state index >= 15 is 0 Å². The first-order valence-electron chi connectivity index (χ1n) is 15.4. The molecule has 0 spiro atoms. The van der Waals surface area contributed by atoms with Gasteiger partial charge in [0.1, 0.15) is 0 Å². The fourth-order valence-electron chi connectivity index (χ4n) is 9.96. The molecule has 1 atom stereocenters. The summed E-state index contributed by atoms with van der Waals surface area (Å²) in [5.74, 6) is 2.99. The van der Waals surface area contributed by atoms with E-state index in [4.69, 9.17) is 0 Å². The third-order valence-corrected chi connectivity index (χ3v) is 18.2. The van der Waals surface area contributed by atoms with E-state index in [1.54, 1.807) is 17.7 Å². The Morgan fingerprint density at radius 2 is 1.39 bits per heavy atom. The molecule has 3 heteroatoms. The van der Waals surface area contributed by atoms with Gasteiger partial charge in [-0.2, -0.15) is 0 Å². The van der Waals surface area contributed by atoms with Crippen molar-refractivity contribution in [2.75, 3.05) is 0 Å². The van der Waals surface area contributed by atoms with E-state index < -0.39 is 21.3 Å². The summed E-state index contributed by atoms with van der Waals surface area (Å²) in [7, 11) is 0. The molecule has 9 rings (SSSR count). The molecule has 0 aliphatic heterocycles. The third kappa shape index (κ3) is 4.87. The maximum Gasteiger partial charge on any atom is -1.00 e. The zero-order valence-corrected chi connectivity index (χ0v) is 28.3. The molecular formula is C38H40Cl2Zr. The van der Waals surface area contributed by atoms with E-state index in [1.165, 1.54) is 60.8 Å². The largest absolute Gasteiger partial charge is 1.00 e. The summed E-state index contributed by atoms with van der Waals surface area (Å²) in [6, 6.07) is 27.6. The van der Waals surface area contributed by atoms with Gasteiger partial charge < -0.3 is 24.8 Å². The Morgan fingerprint density at radius 1 is 0.756 bits per heavy atom. The van der Waals surface area contributed by atoms with Crippen LogP contribution in [0.25, 0.3) is 11.1 Å². The van der Waals surface area contributed by atoms with Crippen molar-refractivity contribution in [1.29, 1.82) is 0 Å². The summed E-state index contributed by atoms with van der Waals surface area (Å²) in [6.07, 6.45) is 16.8. The molecule has 1 unspecified atom stereocenters. The van der Waals surface area contributed by atoms with Crippen molar-refractivity contribution in [1.82, 2.24) is 0 Å². The normalized spacial score (nSPS) is 30.1. The molecule has 210 valence electrons. The number of allylic oxidation sites excluding steroid dienone is 4. The van der Waals surface area contributed by atoms with Gasteiger partial charge >= 0.3 is 244 Å². The third-order valence-electron chi connectivity index (χ3n) is 11.4. The molecule has 0 heterocycles. The Balaban J connectivity index is 0.00000151. The molecule has 0 aromatic heterocycles. The fourth-order valence-corrected chi connectivity index (χ4v) is 17.2. The van der Waals surface area contributed by atoms with Crippen LogP contribution in [-0.2, 0) is 34.1 Å². The van der Waals surface area contributed by atoms with Crippen LogP contribution in [-0.4, -0.2) is 3.71 Å². The summed E-state index contributed by atoms with van der Waals surface area (Å²) in [5, 5.41) is 0. The molecule has 0 nitrogen and oxygen atoms in total. The van der Waals surface area contributed by atoms with E-state index in [2.05, 4.69) is 103 Å². The Bertz CT molecular complexity index is 1530. The van der Waals surface area contributed by atoms with E-state index in [1.807, 2.05) is 0 Å². The van der Waals surface area contributed by atoms with Crippen LogP contribution in [0.4, 0.5) is 0 Å². The summed E-state index contributed by atoms with van der Waals surface area (Å²) in [4.78, 5) is 0. The minimum absolute atomic E-state index is 0. The van der Waals surface area contributed by atoms with Crippen LogP contribution in [0.15, 0.2) is 93.8 Å². The van der Waals surface area contributed by atoms with Gasteiger partial charge in [-0.25, -0.2) is 0 Å². The smallest absolute Gasteiger partial charge is 1.00 e. The standard InChI is InChI=1S/C17H23.C13H9.C8H8.2ClH.Zr/c1-12-3-4-16(2,8-12)17-9-13-5-14(10-17)7-15(6-13)11-17;1-3-7-12-10(5-1)9-11-6-2-4-8-13(11)12;1-2-8-6-4-3-5-7-8;;;/h4,8,13-15H,5-7,9-11H2,1-2H3;1-5,7-8H,9H2;1,3-7H,2H2;2*1H;/q;;;;;+2/p-2. The molecule has 6 aliphatic carbocycles. The molecule has 4 bridgehead atoms. The molecule has 4 fully saturated rings. The fraction of sp³-hybridized carbons (Fsp3) is 0.395. The predicted octanol–water partition coefficient (Wildman–Crippen LogP) is 2.62. The van der Waals surface area contributed by atoms with Crippen LogP contribution in [0.2, 0.25) is 0 Å². The van der Waals surface area contributed by atoms with Crippen molar-refractivity contribution < 1.29 is 46.1 Å². The van der Waals surface area contributed by atoms with Gasteiger partial charge in [0.15, 0.2) is 0 Å². The van der Waals surface area contributed by atoms with Crippen LogP contribution in [0.3, 0.4) is 0 Å². The second-order valence-corrected chi connectivity index (χ2v) is 19.5. The Morgan fingerprint density at radius 3 is 2.10 bits per heavy atom. The SMILES string of the molecule is CC1=CC(C)(C23CC4CC(CC(C4)C2)C3)C=[C]1[Zr+2](=[CH]Cc1ccccc1)[c]1cccc2c1Cc1ccccc1-2.[Cl-].[Cl-]. The molecular weight excluding hydrogens is 619 g/mol. The summed E-state index contributed by atoms with van der Waals surface area (Å²) in [6.45, 7) is 5.10. The van der Waals surface area contributed by atoms with Gasteiger partial charge in [0, 0.05) is 0 Å². The van der Waals surface area contributed by atoms with E-state index in [9.17, 15) is 0 Å². The molecule has 0 amide bonds. The van der Waals surface area contributed by atoms with E-state index in [-0.39, 0.29) is 30.2 Å². The predicted molar refractivity (Wildman–Crippen MR) is 161 cm³/mol. The van der Waals surface area contributed by atoms with Crippen molar-refractivity contribution >= 4 is 6.98 Å². The Kier molecular flexibility index (Phi) is 8.06. The first-order valence-corrected chi connectivity index (χ1v) is 19.3. The van der Waals surface area contributed by atoms with Gasteiger partial charge in [-0.1, -0.05) is 0 Å². The molecule has 41 heavy (non-hydrogen) atoms. The Labute approximate surface area is 266 Å². The van der Waals surface area contributed by atoms with Crippen LogP contribution in [0, 0.1) is 28.6 Å². The summed E-state index contributed by atoms with van der Waals surface area (Å²) >= 11 is -2.34. The molecule has 3 aromatic rings. The number of benzene rings is 3. The number of halogens is 2. The first kappa shape index (κ1) is 29.5. The van der Waals surface area contributed by atoms with Crippen molar-refractivity contribution in [3.8, 4) is 11.1 Å². The second-order valence-electron chi connectivity index (χ2n) is 13.8. The minimum Gasteiger partial charge on any atom is -1.00 e. The zero-order chi connectivity index (χ0) is 26.2. The summed E-state index contributed by atoms with van der Waals surface area (Å²) in [5.41, 5.74) is 9.91. The quantitative estimate of drug-likeness (QED) is 0.310. The Hall–Kier alpha value is -1.53. The number of hydrogen-bond donors (Lipinski definition) is 0.